The molecule has 12 heteroatoms. The minimum atomic E-state index is -4.36. The number of anilines is 1. The zero-order valence-electron chi connectivity index (χ0n) is 26.8. The summed E-state index contributed by atoms with van der Waals surface area (Å²) in [5.41, 5.74) is 3.33. The second-order valence-corrected chi connectivity index (χ2v) is 13.6. The van der Waals surface area contributed by atoms with E-state index in [0.29, 0.717) is 22.0 Å². The summed E-state index contributed by atoms with van der Waals surface area (Å²) in [6.45, 7) is 3.04. The van der Waals surface area contributed by atoms with Crippen molar-refractivity contribution in [2.24, 2.45) is 0 Å². The van der Waals surface area contributed by atoms with Crippen LogP contribution in [0.2, 0.25) is 10.0 Å². The van der Waals surface area contributed by atoms with Crippen molar-refractivity contribution in [2.75, 3.05) is 32.1 Å². The van der Waals surface area contributed by atoms with Crippen LogP contribution in [-0.4, -0.2) is 59.0 Å². The van der Waals surface area contributed by atoms with Gasteiger partial charge in [0.2, 0.25) is 11.8 Å². The molecule has 1 N–H and O–H groups in total. The maximum atomic E-state index is 14.5. The Kier molecular flexibility index (Phi) is 11.8. The summed E-state index contributed by atoms with van der Waals surface area (Å²) in [6, 6.07) is 22.8. The Morgan fingerprint density at radius 2 is 1.47 bits per heavy atom. The maximum absolute atomic E-state index is 14.5. The fourth-order valence-corrected chi connectivity index (χ4v) is 7.02. The number of aryl methyl sites for hydroxylation is 2. The minimum absolute atomic E-state index is 0.0439. The molecule has 0 aliphatic heterocycles. The van der Waals surface area contributed by atoms with Gasteiger partial charge in [-0.15, -0.1) is 0 Å². The minimum Gasteiger partial charge on any atom is -0.493 e. The van der Waals surface area contributed by atoms with Crippen molar-refractivity contribution < 1.29 is 27.5 Å². The van der Waals surface area contributed by atoms with Gasteiger partial charge in [-0.2, -0.15) is 0 Å². The van der Waals surface area contributed by atoms with E-state index in [9.17, 15) is 18.0 Å². The molecule has 4 aromatic rings. The highest BCUT2D eigenvalue weighted by Gasteiger charge is 2.35. The maximum Gasteiger partial charge on any atom is 0.264 e. The van der Waals surface area contributed by atoms with Gasteiger partial charge < -0.3 is 19.7 Å². The summed E-state index contributed by atoms with van der Waals surface area (Å²) in [5.74, 6) is -0.460. The second kappa shape index (κ2) is 15.6. The molecule has 0 heterocycles. The lowest BCUT2D eigenvalue weighted by molar-refractivity contribution is -0.139. The monoisotopic (exact) mass is 697 g/mol. The molecule has 1 atom stereocenters. The van der Waals surface area contributed by atoms with Gasteiger partial charge in [0.25, 0.3) is 10.0 Å². The number of ether oxygens (including phenoxy) is 2. The van der Waals surface area contributed by atoms with Gasteiger partial charge in [0.15, 0.2) is 11.5 Å². The molecule has 2 amide bonds. The molecule has 0 saturated carbocycles. The first-order valence-corrected chi connectivity index (χ1v) is 16.9. The molecule has 9 nitrogen and oxygen atoms in total. The molecule has 0 radical (unpaired) electrons. The van der Waals surface area contributed by atoms with Crippen LogP contribution in [0.1, 0.15) is 22.3 Å². The fraction of sp³-hybridized carbons (Fsp3) is 0.257. The van der Waals surface area contributed by atoms with Gasteiger partial charge >= 0.3 is 0 Å². The molecule has 4 aromatic carbocycles. The lowest BCUT2D eigenvalue weighted by Gasteiger charge is -2.34. The van der Waals surface area contributed by atoms with Crippen LogP contribution in [0, 0.1) is 13.8 Å². The van der Waals surface area contributed by atoms with Gasteiger partial charge in [0, 0.05) is 26.1 Å². The number of carbonyl (C=O) groups is 2. The SMILES string of the molecule is CNC(=O)C(Cc1ccccc1)N(Cc1ccc(Cl)c(Cl)c1)C(=O)CN(c1cc(C)cc(C)c1)S(=O)(=O)c1ccc(OC)c(OC)c1. The molecule has 1 unspecified atom stereocenters. The van der Waals surface area contributed by atoms with Crippen LogP contribution < -0.4 is 19.1 Å². The van der Waals surface area contributed by atoms with Gasteiger partial charge in [0.05, 0.1) is 34.8 Å². The zero-order valence-corrected chi connectivity index (χ0v) is 29.1. The Bertz CT molecular complexity index is 1830. The van der Waals surface area contributed by atoms with Gasteiger partial charge in [-0.25, -0.2) is 8.42 Å². The van der Waals surface area contributed by atoms with E-state index in [1.54, 1.807) is 30.3 Å². The number of halogens is 2. The molecule has 0 aromatic heterocycles. The molecular weight excluding hydrogens is 661 g/mol. The van der Waals surface area contributed by atoms with E-state index in [4.69, 9.17) is 32.7 Å². The number of rotatable bonds is 13. The van der Waals surface area contributed by atoms with E-state index in [1.807, 2.05) is 50.2 Å². The number of hydrogen-bond acceptors (Lipinski definition) is 6. The van der Waals surface area contributed by atoms with Crippen LogP contribution in [0.4, 0.5) is 5.69 Å². The summed E-state index contributed by atoms with van der Waals surface area (Å²) in [5, 5.41) is 3.29. The Labute approximate surface area is 286 Å². The summed E-state index contributed by atoms with van der Waals surface area (Å²) < 4.78 is 40.6. The first-order valence-electron chi connectivity index (χ1n) is 14.7. The van der Waals surface area contributed by atoms with Crippen molar-refractivity contribution in [1.82, 2.24) is 10.2 Å². The quantitative estimate of drug-likeness (QED) is 0.178. The number of carbonyl (C=O) groups excluding carboxylic acids is 2. The van der Waals surface area contributed by atoms with E-state index in [-0.39, 0.29) is 28.6 Å². The third-order valence-electron chi connectivity index (χ3n) is 7.57. The number of nitrogens with one attached hydrogen (secondary N) is 1. The predicted molar refractivity (Wildman–Crippen MR) is 185 cm³/mol. The Hall–Kier alpha value is -4.25. The molecule has 47 heavy (non-hydrogen) atoms. The number of methoxy groups -OCH3 is 2. The van der Waals surface area contributed by atoms with Crippen LogP contribution in [0.25, 0.3) is 0 Å². The van der Waals surface area contributed by atoms with Gasteiger partial charge in [-0.05, 0) is 72.5 Å². The fourth-order valence-electron chi connectivity index (χ4n) is 5.28. The van der Waals surface area contributed by atoms with E-state index < -0.39 is 34.4 Å². The normalized spacial score (nSPS) is 11.8. The molecule has 0 aliphatic carbocycles. The number of nitrogens with zero attached hydrogens (tertiary/aromatic N) is 2. The molecule has 0 aliphatic rings. The van der Waals surface area contributed by atoms with E-state index in [0.717, 1.165) is 21.0 Å². The summed E-state index contributed by atoms with van der Waals surface area (Å²) in [6.07, 6.45) is 0.180. The van der Waals surface area contributed by atoms with Crippen molar-refractivity contribution in [2.45, 2.75) is 37.8 Å². The standard InChI is InChI=1S/C35H37Cl2N3O6S/c1-23-15-24(2)17-27(16-23)40(47(43,44)28-12-14-32(45-4)33(20-28)46-5)22-34(41)39(21-26-11-13-29(36)30(37)18-26)31(35(42)38-3)19-25-9-7-6-8-10-25/h6-18,20,31H,19,21-22H2,1-5H3,(H,38,42). The molecule has 0 spiro atoms. The molecule has 4 rings (SSSR count). The number of hydrogen-bond donors (Lipinski definition) is 1. The van der Waals surface area contributed by atoms with Crippen LogP contribution in [0.3, 0.4) is 0 Å². The third-order valence-corrected chi connectivity index (χ3v) is 10.1. The summed E-state index contributed by atoms with van der Waals surface area (Å²) >= 11 is 12.5. The first-order chi connectivity index (χ1) is 22.4. The molecule has 0 bridgehead atoms. The van der Waals surface area contributed by atoms with Crippen molar-refractivity contribution in [1.29, 1.82) is 0 Å². The molecular formula is C35H37Cl2N3O6S. The third kappa shape index (κ3) is 8.57. The second-order valence-electron chi connectivity index (χ2n) is 11.0. The molecule has 248 valence electrons. The van der Waals surface area contributed by atoms with Crippen molar-refractivity contribution in [3.05, 3.63) is 117 Å². The van der Waals surface area contributed by atoms with Gasteiger partial charge in [0.1, 0.15) is 12.6 Å². The Morgan fingerprint density at radius 1 is 0.809 bits per heavy atom. The topological polar surface area (TPSA) is 105 Å². The lowest BCUT2D eigenvalue weighted by Crippen LogP contribution is -2.53. The Morgan fingerprint density at radius 3 is 2.06 bits per heavy atom. The number of benzene rings is 4. The largest absolute Gasteiger partial charge is 0.493 e. The molecule has 0 fully saturated rings. The number of likely N-dealkylation sites (N-methyl/N-ethyl adjacent to an activating group) is 1. The van der Waals surface area contributed by atoms with E-state index >= 15 is 0 Å². The molecule has 0 saturated heterocycles. The van der Waals surface area contributed by atoms with Gasteiger partial charge in [-0.3, -0.25) is 13.9 Å². The average Bonchev–Trinajstić information content (AvgIpc) is 3.05. The highest BCUT2D eigenvalue weighted by molar-refractivity contribution is 7.92. The zero-order chi connectivity index (χ0) is 34.3. The smallest absolute Gasteiger partial charge is 0.264 e. The summed E-state index contributed by atoms with van der Waals surface area (Å²) in [7, 11) is -0.00624. The number of amides is 2. The summed E-state index contributed by atoms with van der Waals surface area (Å²) in [4.78, 5) is 29.3. The van der Waals surface area contributed by atoms with Crippen molar-refractivity contribution in [3.8, 4) is 11.5 Å². The van der Waals surface area contributed by atoms with Crippen LogP contribution in [0.15, 0.2) is 89.8 Å². The lowest BCUT2D eigenvalue weighted by atomic mass is 10.0. The van der Waals surface area contributed by atoms with E-state index in [1.165, 1.54) is 44.4 Å². The van der Waals surface area contributed by atoms with Crippen LogP contribution in [0.5, 0.6) is 11.5 Å². The number of sulfonamides is 1. The van der Waals surface area contributed by atoms with Gasteiger partial charge in [-0.1, -0.05) is 65.7 Å². The Balaban J connectivity index is 1.85. The van der Waals surface area contributed by atoms with Crippen molar-refractivity contribution in [3.63, 3.8) is 0 Å². The highest BCUT2D eigenvalue weighted by atomic mass is 35.5. The van der Waals surface area contributed by atoms with Crippen molar-refractivity contribution >= 4 is 50.7 Å². The highest BCUT2D eigenvalue weighted by Crippen LogP contribution is 2.33. The van der Waals surface area contributed by atoms with Crippen LogP contribution >= 0.6 is 23.2 Å². The first kappa shape index (κ1) is 35.6. The van der Waals surface area contributed by atoms with E-state index in [2.05, 4.69) is 5.32 Å². The van der Waals surface area contributed by atoms with Crippen LogP contribution in [-0.2, 0) is 32.6 Å². The predicted octanol–water partition coefficient (Wildman–Crippen LogP) is 6.21. The average molecular weight is 699 g/mol.